The van der Waals surface area contributed by atoms with Gasteiger partial charge in [-0.05, 0) is 84.8 Å². The van der Waals surface area contributed by atoms with Crippen molar-refractivity contribution in [3.8, 4) is 17.2 Å². The molecule has 3 aromatic rings. The fourth-order valence-electron chi connectivity index (χ4n) is 3.76. The summed E-state index contributed by atoms with van der Waals surface area (Å²) in [5, 5.41) is 2.51. The van der Waals surface area contributed by atoms with Gasteiger partial charge in [-0.3, -0.25) is 19.3 Å². The first kappa shape index (κ1) is 28.3. The van der Waals surface area contributed by atoms with Gasteiger partial charge in [0.15, 0.2) is 18.1 Å². The third-order valence-electron chi connectivity index (χ3n) is 6.04. The van der Waals surface area contributed by atoms with Gasteiger partial charge in [-0.15, -0.1) is 0 Å². The quantitative estimate of drug-likeness (QED) is 0.273. The molecule has 0 unspecified atom stereocenters. The molecule has 0 radical (unpaired) electrons. The van der Waals surface area contributed by atoms with Crippen LogP contribution in [0.5, 0.6) is 17.2 Å². The van der Waals surface area contributed by atoms with Crippen LogP contribution in [0.4, 0.5) is 10.5 Å². The molecule has 1 fully saturated rings. The van der Waals surface area contributed by atoms with Crippen LogP contribution in [0.2, 0.25) is 0 Å². The summed E-state index contributed by atoms with van der Waals surface area (Å²) in [7, 11) is 1.49. The van der Waals surface area contributed by atoms with Crippen LogP contribution in [-0.4, -0.2) is 48.8 Å². The molecule has 0 bridgehead atoms. The molecule has 3 amide bonds. The number of methoxy groups -OCH3 is 1. The molecule has 0 spiro atoms. The van der Waals surface area contributed by atoms with E-state index in [0.717, 1.165) is 27.4 Å². The minimum absolute atomic E-state index is 0.147. The molecule has 1 N–H and O–H groups in total. The first-order valence-corrected chi connectivity index (χ1v) is 13.7. The Morgan fingerprint density at radius 3 is 2.51 bits per heavy atom. The number of carbonyl (C=O) groups is 3. The van der Waals surface area contributed by atoms with Gasteiger partial charge in [0.05, 0.1) is 18.6 Å². The van der Waals surface area contributed by atoms with Gasteiger partial charge in [0.2, 0.25) is 0 Å². The van der Waals surface area contributed by atoms with Crippen LogP contribution < -0.4 is 19.5 Å². The van der Waals surface area contributed by atoms with E-state index in [4.69, 9.17) is 14.2 Å². The topological polar surface area (TPSA) is 94.2 Å². The van der Waals surface area contributed by atoms with E-state index in [-0.39, 0.29) is 36.8 Å². The lowest BCUT2D eigenvalue weighted by Gasteiger charge is -2.14. The highest BCUT2D eigenvalue weighted by molar-refractivity contribution is 9.10. The van der Waals surface area contributed by atoms with E-state index in [2.05, 4.69) is 21.2 Å². The van der Waals surface area contributed by atoms with Crippen molar-refractivity contribution in [2.45, 2.75) is 13.8 Å². The van der Waals surface area contributed by atoms with E-state index in [0.29, 0.717) is 33.4 Å². The lowest BCUT2D eigenvalue weighted by molar-refractivity contribution is -0.123. The van der Waals surface area contributed by atoms with Crippen LogP contribution in [0, 0.1) is 13.8 Å². The second-order valence-corrected chi connectivity index (χ2v) is 10.4. The summed E-state index contributed by atoms with van der Waals surface area (Å²) in [6.07, 6.45) is 1.63. The van der Waals surface area contributed by atoms with Crippen LogP contribution >= 0.6 is 27.7 Å². The molecule has 4 rings (SSSR count). The number of thioether (sulfide) groups is 1. The molecule has 10 heteroatoms. The molecule has 1 heterocycles. The second kappa shape index (κ2) is 12.9. The molecule has 1 aliphatic heterocycles. The van der Waals surface area contributed by atoms with Crippen LogP contribution in [0.15, 0.2) is 70.0 Å². The molecule has 8 nitrogen and oxygen atoms in total. The van der Waals surface area contributed by atoms with Crippen molar-refractivity contribution in [1.29, 1.82) is 0 Å². The maximum atomic E-state index is 12.8. The Balaban J connectivity index is 1.36. The van der Waals surface area contributed by atoms with Crippen molar-refractivity contribution in [3.05, 3.63) is 86.7 Å². The van der Waals surface area contributed by atoms with Crippen molar-refractivity contribution < 1.29 is 28.6 Å². The predicted molar refractivity (Wildman–Crippen MR) is 155 cm³/mol. The number of ether oxygens (including phenoxy) is 3. The Morgan fingerprint density at radius 1 is 1.00 bits per heavy atom. The minimum Gasteiger partial charge on any atom is -0.493 e. The largest absolute Gasteiger partial charge is 0.493 e. The molecule has 1 saturated heterocycles. The van der Waals surface area contributed by atoms with Crippen LogP contribution in [0.1, 0.15) is 16.7 Å². The van der Waals surface area contributed by atoms with Crippen molar-refractivity contribution in [1.82, 2.24) is 4.90 Å². The molecule has 3 aromatic carbocycles. The zero-order chi connectivity index (χ0) is 27.9. The Kier molecular flexibility index (Phi) is 9.32. The summed E-state index contributed by atoms with van der Waals surface area (Å²) >= 11 is 4.36. The summed E-state index contributed by atoms with van der Waals surface area (Å²) in [6, 6.07) is 18.0. The van der Waals surface area contributed by atoms with E-state index < -0.39 is 0 Å². The van der Waals surface area contributed by atoms with Gasteiger partial charge in [-0.2, -0.15) is 0 Å². The number of anilines is 1. The molecule has 202 valence electrons. The van der Waals surface area contributed by atoms with E-state index in [1.54, 1.807) is 24.3 Å². The van der Waals surface area contributed by atoms with Gasteiger partial charge in [-0.25, -0.2) is 0 Å². The summed E-state index contributed by atoms with van der Waals surface area (Å²) in [5.41, 5.74) is 3.37. The molecule has 0 atom stereocenters. The normalized spacial score (nSPS) is 14.1. The highest BCUT2D eigenvalue weighted by Gasteiger charge is 2.34. The smallest absolute Gasteiger partial charge is 0.293 e. The van der Waals surface area contributed by atoms with Gasteiger partial charge in [0.25, 0.3) is 17.1 Å². The molecule has 0 saturated carbocycles. The van der Waals surface area contributed by atoms with E-state index in [1.165, 1.54) is 12.0 Å². The third-order valence-corrected chi connectivity index (χ3v) is 7.81. The Morgan fingerprint density at radius 2 is 1.77 bits per heavy atom. The second-order valence-electron chi connectivity index (χ2n) is 8.59. The Bertz CT molecular complexity index is 1430. The van der Waals surface area contributed by atoms with Gasteiger partial charge in [0.1, 0.15) is 12.4 Å². The zero-order valence-electron chi connectivity index (χ0n) is 21.7. The summed E-state index contributed by atoms with van der Waals surface area (Å²) < 4.78 is 17.7. The number of hydrogen-bond donors (Lipinski definition) is 1. The summed E-state index contributed by atoms with van der Waals surface area (Å²) in [4.78, 5) is 39.2. The number of para-hydroxylation sites is 1. The first-order chi connectivity index (χ1) is 18.8. The lowest BCUT2D eigenvalue weighted by atomic mass is 10.1. The number of amides is 3. The van der Waals surface area contributed by atoms with Gasteiger partial charge in [0, 0.05) is 10.2 Å². The van der Waals surface area contributed by atoms with Gasteiger partial charge >= 0.3 is 0 Å². The predicted octanol–water partition coefficient (Wildman–Crippen LogP) is 6.21. The molecule has 0 aromatic heterocycles. The molecule has 0 aliphatic carbocycles. The molecule has 1 aliphatic rings. The van der Waals surface area contributed by atoms with Crippen LogP contribution in [0.25, 0.3) is 6.08 Å². The Hall–Kier alpha value is -3.76. The van der Waals surface area contributed by atoms with Crippen molar-refractivity contribution in [3.63, 3.8) is 0 Å². The standard InChI is InChI=1S/C29H27BrN2O6S/c1-18-19(2)23(11-10-22(18)30)31-27(33)17-38-24-12-9-20(15-25(24)36-3)16-26-28(34)32(29(35)39-26)13-14-37-21-7-5-4-6-8-21/h4-12,15-16H,13-14,17H2,1-3H3,(H,31,33)/b26-16-. The monoisotopic (exact) mass is 610 g/mol. The fourth-order valence-corrected chi connectivity index (χ4v) is 5.06. The van der Waals surface area contributed by atoms with Crippen molar-refractivity contribution in [2.24, 2.45) is 0 Å². The van der Waals surface area contributed by atoms with Crippen molar-refractivity contribution >= 4 is 56.5 Å². The number of benzene rings is 3. The Labute approximate surface area is 239 Å². The minimum atomic E-state index is -0.379. The average molecular weight is 612 g/mol. The molecule has 39 heavy (non-hydrogen) atoms. The number of rotatable bonds is 10. The van der Waals surface area contributed by atoms with Crippen LogP contribution in [0.3, 0.4) is 0 Å². The third kappa shape index (κ3) is 7.01. The zero-order valence-corrected chi connectivity index (χ0v) is 24.1. The number of imide groups is 1. The fraction of sp³-hybridized carbons (Fsp3) is 0.207. The highest BCUT2D eigenvalue weighted by Crippen LogP contribution is 2.34. The van der Waals surface area contributed by atoms with E-state index >= 15 is 0 Å². The number of carbonyl (C=O) groups excluding carboxylic acids is 3. The van der Waals surface area contributed by atoms with E-state index in [1.807, 2.05) is 56.3 Å². The number of hydrogen-bond acceptors (Lipinski definition) is 7. The maximum Gasteiger partial charge on any atom is 0.293 e. The number of halogens is 1. The van der Waals surface area contributed by atoms with E-state index in [9.17, 15) is 14.4 Å². The highest BCUT2D eigenvalue weighted by atomic mass is 79.9. The number of nitrogens with one attached hydrogen (secondary N) is 1. The number of nitrogens with zero attached hydrogens (tertiary/aromatic N) is 1. The lowest BCUT2D eigenvalue weighted by Crippen LogP contribution is -2.32. The maximum absolute atomic E-state index is 12.8. The van der Waals surface area contributed by atoms with Crippen molar-refractivity contribution in [2.75, 3.05) is 32.2 Å². The average Bonchev–Trinajstić information content (AvgIpc) is 3.20. The van der Waals surface area contributed by atoms with Gasteiger partial charge in [-0.1, -0.05) is 40.2 Å². The molecular formula is C29H27BrN2O6S. The SMILES string of the molecule is COc1cc(/C=C2\SC(=O)N(CCOc3ccccc3)C2=O)ccc1OCC(=O)Nc1ccc(Br)c(C)c1C. The first-order valence-electron chi connectivity index (χ1n) is 12.1. The summed E-state index contributed by atoms with van der Waals surface area (Å²) in [6.45, 7) is 4.04. The summed E-state index contributed by atoms with van der Waals surface area (Å²) in [5.74, 6) is 0.750. The van der Waals surface area contributed by atoms with Crippen LogP contribution in [-0.2, 0) is 9.59 Å². The molecular weight excluding hydrogens is 584 g/mol. The van der Waals surface area contributed by atoms with Gasteiger partial charge < -0.3 is 19.5 Å².